The fraction of sp³-hybridized carbons (Fsp3) is 0.0476. The maximum Gasteiger partial charge on any atom is 0.138 e. The molecule has 0 aromatic heterocycles. The molecule has 4 rings (SSSR count). The lowest BCUT2D eigenvalue weighted by atomic mass is 9.90. The highest BCUT2D eigenvalue weighted by Gasteiger charge is 2.18. The minimum Gasteiger partial charge on any atom is -0.506 e. The molecule has 0 spiro atoms. The van der Waals surface area contributed by atoms with Gasteiger partial charge in [-0.2, -0.15) is 0 Å². The number of phenolic OH excluding ortho intramolecular Hbond substituents is 1. The summed E-state index contributed by atoms with van der Waals surface area (Å²) < 4.78 is 1.75. The van der Waals surface area contributed by atoms with Crippen LogP contribution < -0.4 is 0 Å². The van der Waals surface area contributed by atoms with Gasteiger partial charge in [0, 0.05) is 10.0 Å². The molecule has 0 atom stereocenters. The first kappa shape index (κ1) is 15.7. The van der Waals surface area contributed by atoms with Gasteiger partial charge in [0.1, 0.15) is 5.75 Å². The third-order valence-corrected chi connectivity index (χ3v) is 5.90. The van der Waals surface area contributed by atoms with Crippen molar-refractivity contribution in [1.29, 1.82) is 0 Å². The summed E-state index contributed by atoms with van der Waals surface area (Å²) in [7, 11) is 0. The summed E-state index contributed by atoms with van der Waals surface area (Å²) in [5, 5.41) is 15.3. The van der Waals surface area contributed by atoms with Crippen molar-refractivity contribution < 1.29 is 5.11 Å². The normalized spacial score (nSPS) is 11.3. The summed E-state index contributed by atoms with van der Waals surface area (Å²) in [5.74, 6) is 0.278. The Morgan fingerprint density at radius 2 is 1.21 bits per heavy atom. The summed E-state index contributed by atoms with van der Waals surface area (Å²) in [6.45, 7) is 2.08. The molecule has 0 saturated heterocycles. The molecule has 0 radical (unpaired) electrons. The Morgan fingerprint density at radius 3 is 1.83 bits per heavy atom. The molecule has 0 aliphatic rings. The van der Waals surface area contributed by atoms with Crippen LogP contribution in [0.5, 0.6) is 5.75 Å². The molecule has 1 nitrogen and oxygen atoms in total. The van der Waals surface area contributed by atoms with Crippen LogP contribution in [0.15, 0.2) is 69.6 Å². The van der Waals surface area contributed by atoms with E-state index in [4.69, 9.17) is 0 Å². The van der Waals surface area contributed by atoms with Crippen molar-refractivity contribution in [3.05, 3.63) is 75.2 Å². The summed E-state index contributed by atoms with van der Waals surface area (Å²) in [4.78, 5) is 0. The standard InChI is InChI=1S/C21H14Br2O/c1-12-17(22)10-13-6-2-4-8-15(13)19(12)20-16-9-5-3-7-14(16)11-18(23)21(20)24/h2-11,24H,1H3. The summed E-state index contributed by atoms with van der Waals surface area (Å²) in [6, 6.07) is 20.5. The van der Waals surface area contributed by atoms with Crippen molar-refractivity contribution in [3.63, 3.8) is 0 Å². The minimum atomic E-state index is 0.278. The zero-order chi connectivity index (χ0) is 16.8. The molecule has 0 amide bonds. The third kappa shape index (κ3) is 2.35. The SMILES string of the molecule is Cc1c(Br)cc2ccccc2c1-c1c(O)c(Br)cc2ccccc12. The first-order valence-corrected chi connectivity index (χ1v) is 9.25. The average molecular weight is 442 g/mol. The van der Waals surface area contributed by atoms with Gasteiger partial charge in [-0.15, -0.1) is 0 Å². The lowest BCUT2D eigenvalue weighted by Crippen LogP contribution is -1.91. The summed E-state index contributed by atoms with van der Waals surface area (Å²) >= 11 is 7.19. The monoisotopic (exact) mass is 440 g/mol. The van der Waals surface area contributed by atoms with E-state index in [0.717, 1.165) is 42.7 Å². The number of phenols is 1. The summed E-state index contributed by atoms with van der Waals surface area (Å²) in [6.07, 6.45) is 0. The molecule has 0 bridgehead atoms. The van der Waals surface area contributed by atoms with Crippen LogP contribution in [-0.2, 0) is 0 Å². The van der Waals surface area contributed by atoms with Gasteiger partial charge in [0.2, 0.25) is 0 Å². The van der Waals surface area contributed by atoms with Crippen LogP contribution in [0.2, 0.25) is 0 Å². The van der Waals surface area contributed by atoms with Crippen LogP contribution in [0, 0.1) is 6.92 Å². The molecule has 0 aliphatic carbocycles. The first-order valence-electron chi connectivity index (χ1n) is 7.66. The zero-order valence-electron chi connectivity index (χ0n) is 13.0. The largest absolute Gasteiger partial charge is 0.506 e. The van der Waals surface area contributed by atoms with Gasteiger partial charge in [-0.05, 0) is 67.7 Å². The number of hydrogen-bond acceptors (Lipinski definition) is 1. The van der Waals surface area contributed by atoms with E-state index >= 15 is 0 Å². The zero-order valence-corrected chi connectivity index (χ0v) is 16.1. The van der Waals surface area contributed by atoms with E-state index in [9.17, 15) is 5.11 Å². The Hall–Kier alpha value is -1.84. The molecule has 0 heterocycles. The molecule has 4 aromatic carbocycles. The smallest absolute Gasteiger partial charge is 0.138 e. The van der Waals surface area contributed by atoms with E-state index in [0.29, 0.717) is 4.47 Å². The van der Waals surface area contributed by atoms with Crippen LogP contribution in [0.3, 0.4) is 0 Å². The number of fused-ring (bicyclic) bond motifs is 2. The highest BCUT2D eigenvalue weighted by Crippen LogP contribution is 2.46. The van der Waals surface area contributed by atoms with Crippen LogP contribution in [-0.4, -0.2) is 5.11 Å². The van der Waals surface area contributed by atoms with Gasteiger partial charge in [-0.1, -0.05) is 64.5 Å². The molecular weight excluding hydrogens is 428 g/mol. The quantitative estimate of drug-likeness (QED) is 0.331. The molecular formula is C21H14Br2O. The van der Waals surface area contributed by atoms with Crippen molar-refractivity contribution in [2.24, 2.45) is 0 Å². The van der Waals surface area contributed by atoms with Crippen LogP contribution in [0.25, 0.3) is 32.7 Å². The van der Waals surface area contributed by atoms with Gasteiger partial charge >= 0.3 is 0 Å². The Labute approximate surface area is 157 Å². The number of hydrogen-bond donors (Lipinski definition) is 1. The highest BCUT2D eigenvalue weighted by atomic mass is 79.9. The maximum absolute atomic E-state index is 10.9. The van der Waals surface area contributed by atoms with Crippen LogP contribution >= 0.6 is 31.9 Å². The van der Waals surface area contributed by atoms with E-state index in [2.05, 4.69) is 69.1 Å². The second kappa shape index (κ2) is 5.91. The van der Waals surface area contributed by atoms with Gasteiger partial charge in [-0.25, -0.2) is 0 Å². The van der Waals surface area contributed by atoms with Crippen LogP contribution in [0.1, 0.15) is 5.56 Å². The second-order valence-corrected chi connectivity index (χ2v) is 7.59. The second-order valence-electron chi connectivity index (χ2n) is 5.88. The molecule has 0 saturated carbocycles. The van der Waals surface area contributed by atoms with E-state index < -0.39 is 0 Å². The molecule has 4 aromatic rings. The van der Waals surface area contributed by atoms with Gasteiger partial charge in [0.05, 0.1) is 4.47 Å². The Balaban J connectivity index is 2.26. The van der Waals surface area contributed by atoms with Gasteiger partial charge < -0.3 is 5.11 Å². The van der Waals surface area contributed by atoms with Crippen molar-refractivity contribution >= 4 is 53.4 Å². The lowest BCUT2D eigenvalue weighted by molar-refractivity contribution is 0.475. The van der Waals surface area contributed by atoms with Crippen LogP contribution in [0.4, 0.5) is 0 Å². The topological polar surface area (TPSA) is 20.2 Å². The third-order valence-electron chi connectivity index (χ3n) is 4.47. The Morgan fingerprint density at radius 1 is 0.708 bits per heavy atom. The van der Waals surface area contributed by atoms with E-state index in [1.807, 2.05) is 30.3 Å². The fourth-order valence-corrected chi connectivity index (χ4v) is 4.18. The number of benzene rings is 4. The van der Waals surface area contributed by atoms with E-state index in [1.54, 1.807) is 0 Å². The molecule has 0 unspecified atom stereocenters. The van der Waals surface area contributed by atoms with Crippen molar-refractivity contribution in [2.75, 3.05) is 0 Å². The van der Waals surface area contributed by atoms with Gasteiger partial charge in [0.25, 0.3) is 0 Å². The number of halogens is 2. The summed E-state index contributed by atoms with van der Waals surface area (Å²) in [5.41, 5.74) is 3.05. The maximum atomic E-state index is 10.9. The van der Waals surface area contributed by atoms with Gasteiger partial charge in [0.15, 0.2) is 0 Å². The molecule has 118 valence electrons. The highest BCUT2D eigenvalue weighted by molar-refractivity contribution is 9.10. The van der Waals surface area contributed by atoms with Gasteiger partial charge in [-0.3, -0.25) is 0 Å². The Bertz CT molecular complexity index is 1010. The predicted octanol–water partition coefficient (Wildman–Crippen LogP) is 7.20. The molecule has 3 heteroatoms. The van der Waals surface area contributed by atoms with Crippen molar-refractivity contribution in [3.8, 4) is 16.9 Å². The predicted molar refractivity (Wildman–Crippen MR) is 109 cm³/mol. The molecule has 24 heavy (non-hydrogen) atoms. The number of aromatic hydroxyl groups is 1. The lowest BCUT2D eigenvalue weighted by Gasteiger charge is -2.17. The number of rotatable bonds is 1. The molecule has 1 N–H and O–H groups in total. The van der Waals surface area contributed by atoms with E-state index in [1.165, 1.54) is 0 Å². The van der Waals surface area contributed by atoms with E-state index in [-0.39, 0.29) is 5.75 Å². The average Bonchev–Trinajstić information content (AvgIpc) is 2.58. The fourth-order valence-electron chi connectivity index (χ4n) is 3.29. The van der Waals surface area contributed by atoms with Crippen molar-refractivity contribution in [1.82, 2.24) is 0 Å². The Kier molecular flexibility index (Phi) is 3.86. The first-order chi connectivity index (χ1) is 11.6. The minimum absolute atomic E-state index is 0.278. The molecule has 0 fully saturated rings. The van der Waals surface area contributed by atoms with Crippen molar-refractivity contribution in [2.45, 2.75) is 6.92 Å². The molecule has 0 aliphatic heterocycles.